The van der Waals surface area contributed by atoms with Crippen molar-refractivity contribution in [3.05, 3.63) is 87.8 Å². The van der Waals surface area contributed by atoms with Gasteiger partial charge in [0.25, 0.3) is 11.5 Å². The van der Waals surface area contributed by atoms with Gasteiger partial charge >= 0.3 is 0 Å². The molecule has 0 fully saturated rings. The van der Waals surface area contributed by atoms with Gasteiger partial charge in [-0.2, -0.15) is 0 Å². The number of anilines is 1. The summed E-state index contributed by atoms with van der Waals surface area (Å²) >= 11 is 0. The Balaban J connectivity index is 1.84. The van der Waals surface area contributed by atoms with E-state index in [1.807, 2.05) is 31.2 Å². The van der Waals surface area contributed by atoms with Crippen LogP contribution in [0.4, 0.5) is 5.69 Å². The molecule has 1 N–H and O–H groups in total. The molecule has 0 saturated heterocycles. The highest BCUT2D eigenvalue weighted by Crippen LogP contribution is 2.29. The first-order chi connectivity index (χ1) is 13.5. The van der Waals surface area contributed by atoms with Crippen molar-refractivity contribution in [3.8, 4) is 11.5 Å². The van der Waals surface area contributed by atoms with Crippen LogP contribution >= 0.6 is 0 Å². The minimum Gasteiger partial charge on any atom is -0.497 e. The maximum Gasteiger partial charge on any atom is 0.257 e. The molecule has 0 spiro atoms. The standard InChI is InChI=1S/C22H22N2O4/c1-15-5-4-6-16(11-15)13-24-14-17(7-10-21(24)25)22(26)23-19-9-8-18(27-2)12-20(19)28-3/h4-12,14H,13H2,1-3H3,(H,23,26). The summed E-state index contributed by atoms with van der Waals surface area (Å²) in [6, 6.07) is 16.0. The summed E-state index contributed by atoms with van der Waals surface area (Å²) in [6.07, 6.45) is 1.57. The van der Waals surface area contributed by atoms with Crippen LogP contribution in [0, 0.1) is 6.92 Å². The molecule has 0 aliphatic carbocycles. The molecule has 0 atom stereocenters. The van der Waals surface area contributed by atoms with Gasteiger partial charge in [-0.25, -0.2) is 0 Å². The number of benzene rings is 2. The first-order valence-electron chi connectivity index (χ1n) is 8.79. The second-order valence-corrected chi connectivity index (χ2v) is 6.39. The zero-order chi connectivity index (χ0) is 20.1. The number of carbonyl (C=O) groups is 1. The van der Waals surface area contributed by atoms with Crippen molar-refractivity contribution in [2.24, 2.45) is 0 Å². The van der Waals surface area contributed by atoms with E-state index in [1.165, 1.54) is 23.8 Å². The van der Waals surface area contributed by atoms with Gasteiger partial charge in [0, 0.05) is 18.3 Å². The molecule has 0 bridgehead atoms. The van der Waals surface area contributed by atoms with E-state index in [0.717, 1.165) is 11.1 Å². The molecule has 3 rings (SSSR count). The second kappa shape index (κ2) is 8.43. The molecule has 144 valence electrons. The van der Waals surface area contributed by atoms with Crippen LogP contribution in [0.2, 0.25) is 0 Å². The summed E-state index contributed by atoms with van der Waals surface area (Å²) in [5.41, 5.74) is 2.84. The van der Waals surface area contributed by atoms with E-state index in [0.29, 0.717) is 29.3 Å². The number of hydrogen-bond acceptors (Lipinski definition) is 4. The highest BCUT2D eigenvalue weighted by Gasteiger charge is 2.12. The number of nitrogens with zero attached hydrogens (tertiary/aromatic N) is 1. The lowest BCUT2D eigenvalue weighted by atomic mass is 10.1. The van der Waals surface area contributed by atoms with Crippen LogP contribution in [-0.4, -0.2) is 24.7 Å². The monoisotopic (exact) mass is 378 g/mol. The van der Waals surface area contributed by atoms with Crippen LogP contribution in [-0.2, 0) is 6.54 Å². The molecule has 1 amide bonds. The summed E-state index contributed by atoms with van der Waals surface area (Å²) in [6.45, 7) is 2.39. The van der Waals surface area contributed by atoms with Gasteiger partial charge in [-0.15, -0.1) is 0 Å². The van der Waals surface area contributed by atoms with Crippen LogP contribution < -0.4 is 20.3 Å². The molecule has 0 radical (unpaired) electrons. The van der Waals surface area contributed by atoms with E-state index >= 15 is 0 Å². The van der Waals surface area contributed by atoms with Crippen molar-refractivity contribution in [1.29, 1.82) is 0 Å². The molecule has 1 aromatic heterocycles. The molecule has 6 heteroatoms. The van der Waals surface area contributed by atoms with Crippen LogP contribution in [0.3, 0.4) is 0 Å². The fourth-order valence-electron chi connectivity index (χ4n) is 2.89. The van der Waals surface area contributed by atoms with Crippen LogP contribution in [0.25, 0.3) is 0 Å². The van der Waals surface area contributed by atoms with Crippen molar-refractivity contribution >= 4 is 11.6 Å². The molecular formula is C22H22N2O4. The Morgan fingerprint density at radius 3 is 2.57 bits per heavy atom. The van der Waals surface area contributed by atoms with Crippen molar-refractivity contribution in [2.75, 3.05) is 19.5 Å². The van der Waals surface area contributed by atoms with Gasteiger partial charge in [-0.3, -0.25) is 9.59 Å². The largest absolute Gasteiger partial charge is 0.497 e. The molecule has 0 aliphatic rings. The third-order valence-electron chi connectivity index (χ3n) is 4.34. The number of rotatable bonds is 6. The predicted molar refractivity (Wildman–Crippen MR) is 108 cm³/mol. The highest BCUT2D eigenvalue weighted by molar-refractivity contribution is 6.04. The van der Waals surface area contributed by atoms with E-state index in [9.17, 15) is 9.59 Å². The van der Waals surface area contributed by atoms with Crippen LogP contribution in [0.5, 0.6) is 11.5 Å². The van der Waals surface area contributed by atoms with Crippen molar-refractivity contribution in [3.63, 3.8) is 0 Å². The normalized spacial score (nSPS) is 10.4. The zero-order valence-corrected chi connectivity index (χ0v) is 16.1. The first kappa shape index (κ1) is 19.2. The third kappa shape index (κ3) is 4.40. The Hall–Kier alpha value is -3.54. The maximum absolute atomic E-state index is 12.7. The van der Waals surface area contributed by atoms with E-state index in [-0.39, 0.29) is 11.5 Å². The number of pyridine rings is 1. The number of aromatic nitrogens is 1. The minimum atomic E-state index is -0.332. The van der Waals surface area contributed by atoms with Gasteiger partial charge < -0.3 is 19.4 Å². The number of amides is 1. The zero-order valence-electron chi connectivity index (χ0n) is 16.1. The van der Waals surface area contributed by atoms with Crippen LogP contribution in [0.15, 0.2) is 65.6 Å². The molecule has 2 aromatic carbocycles. The van der Waals surface area contributed by atoms with Gasteiger partial charge in [-0.05, 0) is 30.7 Å². The van der Waals surface area contributed by atoms with Gasteiger partial charge in [0.2, 0.25) is 0 Å². The van der Waals surface area contributed by atoms with E-state index in [1.54, 1.807) is 31.5 Å². The van der Waals surface area contributed by atoms with Gasteiger partial charge in [0.15, 0.2) is 0 Å². The molecule has 1 heterocycles. The van der Waals surface area contributed by atoms with E-state index < -0.39 is 0 Å². The lowest BCUT2D eigenvalue weighted by molar-refractivity contribution is 0.102. The summed E-state index contributed by atoms with van der Waals surface area (Å²) in [7, 11) is 3.08. The first-order valence-corrected chi connectivity index (χ1v) is 8.79. The molecule has 0 saturated carbocycles. The number of aryl methyl sites for hydroxylation is 1. The SMILES string of the molecule is COc1ccc(NC(=O)c2ccc(=O)n(Cc3cccc(C)c3)c2)c(OC)c1. The Bertz CT molecular complexity index is 1060. The Labute approximate surface area is 163 Å². The van der Waals surface area contributed by atoms with E-state index in [2.05, 4.69) is 5.32 Å². The fourth-order valence-corrected chi connectivity index (χ4v) is 2.89. The maximum atomic E-state index is 12.7. The smallest absolute Gasteiger partial charge is 0.257 e. The number of carbonyl (C=O) groups excluding carboxylic acids is 1. The molecule has 28 heavy (non-hydrogen) atoms. The lowest BCUT2D eigenvalue weighted by Crippen LogP contribution is -2.22. The second-order valence-electron chi connectivity index (χ2n) is 6.39. The Morgan fingerprint density at radius 2 is 1.86 bits per heavy atom. The number of ether oxygens (including phenoxy) is 2. The molecular weight excluding hydrogens is 356 g/mol. The van der Waals surface area contributed by atoms with E-state index in [4.69, 9.17) is 9.47 Å². The third-order valence-corrected chi connectivity index (χ3v) is 4.34. The topological polar surface area (TPSA) is 69.6 Å². The number of methoxy groups -OCH3 is 2. The molecule has 0 unspecified atom stereocenters. The summed E-state index contributed by atoms with van der Waals surface area (Å²) < 4.78 is 12.0. The average Bonchev–Trinajstić information content (AvgIpc) is 2.70. The summed E-state index contributed by atoms with van der Waals surface area (Å²) in [5, 5.41) is 2.81. The lowest BCUT2D eigenvalue weighted by Gasteiger charge is -2.13. The fraction of sp³-hybridized carbons (Fsp3) is 0.182. The predicted octanol–water partition coefficient (Wildman–Crippen LogP) is 3.47. The minimum absolute atomic E-state index is 0.167. The Morgan fingerprint density at radius 1 is 1.04 bits per heavy atom. The Kier molecular flexibility index (Phi) is 5.79. The number of nitrogens with one attached hydrogen (secondary N) is 1. The summed E-state index contributed by atoms with van der Waals surface area (Å²) in [5.74, 6) is 0.781. The van der Waals surface area contributed by atoms with Crippen molar-refractivity contribution in [2.45, 2.75) is 13.5 Å². The van der Waals surface area contributed by atoms with Crippen molar-refractivity contribution < 1.29 is 14.3 Å². The molecule has 0 aliphatic heterocycles. The molecule has 3 aromatic rings. The van der Waals surface area contributed by atoms with Crippen molar-refractivity contribution in [1.82, 2.24) is 4.57 Å². The van der Waals surface area contributed by atoms with Crippen LogP contribution in [0.1, 0.15) is 21.5 Å². The molecule has 6 nitrogen and oxygen atoms in total. The quantitative estimate of drug-likeness (QED) is 0.713. The van der Waals surface area contributed by atoms with Gasteiger partial charge in [-0.1, -0.05) is 29.8 Å². The number of hydrogen-bond donors (Lipinski definition) is 1. The average molecular weight is 378 g/mol. The summed E-state index contributed by atoms with van der Waals surface area (Å²) in [4.78, 5) is 24.9. The van der Waals surface area contributed by atoms with Gasteiger partial charge in [0.1, 0.15) is 11.5 Å². The van der Waals surface area contributed by atoms with Gasteiger partial charge in [0.05, 0.1) is 32.0 Å². The highest BCUT2D eigenvalue weighted by atomic mass is 16.5.